The number of imidazole rings is 7. The SMILES string of the molecule is CC(C)(C)C1CCC(n2c(=O)[nH]c3cccnc32)CC1.CC(C)(C)C1CCC(n2c(=O)[nH]c3cnc(Cl)cc32)CC1.CC(F)Cn1c(=O)n(C2CCC(C(C)(C)C)CC2)c2ccncc21.Cc1cc2c(cn1)[nH]c(=O)n2C1CCC(C(C)(C)C)CC1.Cc1cnc2c(c1)[nH]c(=O)n2C1CCC(C(C)(C)C)CC1.Cc1cnc2c(c1)[nH]c(=O)n2C1CCC(C(C)(C)C)CC1.[C-]#[N+]c1cc2c(cn1)[nH]c(=O)n2C1CCC(C(C)(C)C)CC1. The van der Waals surface area contributed by atoms with E-state index in [1.807, 2.05) is 102 Å². The Balaban J connectivity index is 0.000000131. The molecule has 0 amide bonds. The Morgan fingerprint density at radius 2 is 0.620 bits per heavy atom. The lowest BCUT2D eigenvalue weighted by Crippen LogP contribution is -2.33. The van der Waals surface area contributed by atoms with Crippen LogP contribution in [0.3, 0.4) is 0 Å². The predicted molar refractivity (Wildman–Crippen MR) is 605 cm³/mol. The predicted octanol–water partition coefficient (Wildman–Crippen LogP) is 27.5. The third-order valence-corrected chi connectivity index (χ3v) is 35.3. The number of aromatic amines is 6. The molecule has 1 atom stereocenters. The first-order valence-electron chi connectivity index (χ1n) is 55.8. The standard InChI is InChI=1S/C19H28FN3O.C17H22N4O.3C17H25N3O.C16H22ClN3O.C16H23N3O/c1-13(20)12-22-17-11-21-10-9-16(17)23(18(22)24)15-7-5-14(6-8-15)19(2,3)4;1-17(2,3)11-5-7-12(8-6-11)21-14-9-15(18-4)19-10-13(14)20-16(21)22;1-11-9-15-14(10-18-11)19-16(21)20(15)13-7-5-12(6-8-13)17(2,3)4;2*1-11-9-14-15(18-10-11)20(16(21)19-14)13-7-5-12(6-8-13)17(2,3)4;1-16(2,3)10-4-6-11(7-5-10)20-13-8-14(17)18-9-12(13)19-15(20)21;1-16(2,3)11-6-8-12(9-7-11)19-14-13(18-15(19)20)5-4-10-17-14/h9-11,13-15H,5-8,12H2,1-4H3;9-12H,5-8H2,1-3H3,(H,20,22);3*9-10,12-13H,5-8H2,1-4H3,(H,19,21);8-11H,4-7H2,1-3H3,(H,19,21);4-5,10-12H,6-9H2,1-3H3,(H,18,20). The van der Waals surface area contributed by atoms with Crippen LogP contribution in [0.1, 0.15) is 391 Å². The number of pyridine rings is 7. The second-order valence-electron chi connectivity index (χ2n) is 52.5. The van der Waals surface area contributed by atoms with E-state index in [4.69, 9.17) is 18.2 Å². The molecule has 7 aliphatic rings. The Morgan fingerprint density at radius 3 is 0.960 bits per heavy atom. The van der Waals surface area contributed by atoms with Gasteiger partial charge >= 0.3 is 39.8 Å². The Kier molecular flexibility index (Phi) is 34.5. The zero-order valence-electron chi connectivity index (χ0n) is 94.2. The fourth-order valence-electron chi connectivity index (χ4n) is 25.8. The number of nitrogens with zero attached hydrogens (tertiary/aromatic N) is 16. The largest absolute Gasteiger partial charge is 0.361 e. The summed E-state index contributed by atoms with van der Waals surface area (Å²) in [6.45, 7) is 63.2. The number of H-pyrrole nitrogens is 6. The van der Waals surface area contributed by atoms with Crippen LogP contribution in [0.4, 0.5) is 10.2 Å². The van der Waals surface area contributed by atoms with Crippen LogP contribution in [0.5, 0.6) is 0 Å². The molecule has 14 heterocycles. The molecule has 14 aromatic heterocycles. The Morgan fingerprint density at radius 1 is 0.327 bits per heavy atom. The number of aryl methyl sites for hydroxylation is 3. The third-order valence-electron chi connectivity index (χ3n) is 35.1. The fraction of sp³-hybridized carbons (Fsp3) is 0.639. The molecule has 150 heavy (non-hydrogen) atoms. The Hall–Kier alpha value is -11.4. The number of halogens is 2. The van der Waals surface area contributed by atoms with Gasteiger partial charge in [0.15, 0.2) is 16.9 Å². The van der Waals surface area contributed by atoms with E-state index in [1.165, 1.54) is 71.1 Å². The molecule has 1 unspecified atom stereocenters. The summed E-state index contributed by atoms with van der Waals surface area (Å²) in [6.07, 6.45) is 44.0. The van der Waals surface area contributed by atoms with Crippen molar-refractivity contribution in [1.82, 2.24) is 101 Å². The Bertz CT molecular complexity index is 7220. The second kappa shape index (κ2) is 45.9. The van der Waals surface area contributed by atoms with Crippen molar-refractivity contribution >= 4 is 95.0 Å². The van der Waals surface area contributed by atoms with Crippen molar-refractivity contribution in [1.29, 1.82) is 0 Å². The van der Waals surface area contributed by atoms with Crippen molar-refractivity contribution in [3.63, 3.8) is 0 Å². The van der Waals surface area contributed by atoms with Gasteiger partial charge in [-0.15, -0.1) is 4.98 Å². The number of aromatic nitrogens is 21. The second-order valence-corrected chi connectivity index (χ2v) is 52.9. The highest BCUT2D eigenvalue weighted by Crippen LogP contribution is 2.50. The lowest BCUT2D eigenvalue weighted by atomic mass is 9.71. The highest BCUT2D eigenvalue weighted by Gasteiger charge is 2.41. The normalized spacial score (nSPS) is 23.5. The van der Waals surface area contributed by atoms with Crippen LogP contribution < -0.4 is 39.8 Å². The van der Waals surface area contributed by atoms with E-state index in [0.717, 1.165) is 240 Å². The molecule has 7 saturated carbocycles. The molecule has 812 valence electrons. The maximum absolute atomic E-state index is 13.5. The molecular formula is C119H170ClFN22O7. The van der Waals surface area contributed by atoms with E-state index >= 15 is 0 Å². The van der Waals surface area contributed by atoms with Gasteiger partial charge in [0.2, 0.25) is 0 Å². The average Bonchev–Trinajstić information content (AvgIpc) is 1.61. The fourth-order valence-corrected chi connectivity index (χ4v) is 26.0. The maximum atomic E-state index is 13.5. The van der Waals surface area contributed by atoms with Crippen molar-refractivity contribution < 1.29 is 4.39 Å². The van der Waals surface area contributed by atoms with Gasteiger partial charge in [-0.1, -0.05) is 164 Å². The van der Waals surface area contributed by atoms with Crippen LogP contribution in [-0.2, 0) is 6.54 Å². The van der Waals surface area contributed by atoms with Crippen molar-refractivity contribution in [3.8, 4) is 0 Å². The molecule has 0 bridgehead atoms. The first-order valence-corrected chi connectivity index (χ1v) is 56.2. The van der Waals surface area contributed by atoms with E-state index < -0.39 is 6.17 Å². The molecule has 0 aliphatic heterocycles. The molecular weight excluding hydrogens is 1900 g/mol. The number of rotatable bonds is 9. The molecule has 6 N–H and O–H groups in total. The van der Waals surface area contributed by atoms with Crippen LogP contribution >= 0.6 is 11.6 Å². The van der Waals surface area contributed by atoms with Crippen molar-refractivity contribution in [2.45, 2.75) is 408 Å². The minimum Gasteiger partial charge on any atom is -0.361 e. The van der Waals surface area contributed by atoms with Crippen molar-refractivity contribution in [2.24, 2.45) is 79.3 Å². The lowest BCUT2D eigenvalue weighted by molar-refractivity contribution is 0.152. The van der Waals surface area contributed by atoms with Crippen LogP contribution in [0.25, 0.3) is 82.5 Å². The molecule has 31 heteroatoms. The molecule has 7 aliphatic carbocycles. The highest BCUT2D eigenvalue weighted by molar-refractivity contribution is 6.30. The van der Waals surface area contributed by atoms with E-state index in [-0.39, 0.29) is 64.5 Å². The van der Waals surface area contributed by atoms with Gasteiger partial charge in [-0.3, -0.25) is 46.5 Å². The Labute approximate surface area is 887 Å². The summed E-state index contributed by atoms with van der Waals surface area (Å²) in [5, 5.41) is 0.429. The van der Waals surface area contributed by atoms with Gasteiger partial charge < -0.3 is 34.7 Å². The summed E-state index contributed by atoms with van der Waals surface area (Å²) in [4.78, 5) is 137. The first kappa shape index (κ1) is 113. The van der Waals surface area contributed by atoms with Crippen molar-refractivity contribution in [2.75, 3.05) is 0 Å². The van der Waals surface area contributed by atoms with Gasteiger partial charge in [-0.25, -0.2) is 57.9 Å². The van der Waals surface area contributed by atoms with E-state index in [9.17, 15) is 38.0 Å². The number of alkyl halides is 1. The zero-order valence-corrected chi connectivity index (χ0v) is 94.9. The van der Waals surface area contributed by atoms with Crippen LogP contribution in [0.15, 0.2) is 132 Å². The van der Waals surface area contributed by atoms with Crippen LogP contribution in [0.2, 0.25) is 5.15 Å². The summed E-state index contributed by atoms with van der Waals surface area (Å²) in [7, 11) is 0. The molecule has 0 aromatic carbocycles. The molecule has 0 spiro atoms. The summed E-state index contributed by atoms with van der Waals surface area (Å²) >= 11 is 5.98. The van der Waals surface area contributed by atoms with Crippen LogP contribution in [-0.4, -0.2) is 108 Å². The van der Waals surface area contributed by atoms with Crippen molar-refractivity contribution in [3.05, 3.63) is 205 Å². The molecule has 0 saturated heterocycles. The molecule has 14 aromatic rings. The van der Waals surface area contributed by atoms with E-state index in [2.05, 4.69) is 215 Å². The summed E-state index contributed by atoms with van der Waals surface area (Å²) in [5.41, 5.74) is 17.0. The molecule has 21 rings (SSSR count). The number of hydrogen-bond donors (Lipinski definition) is 6. The quantitative estimate of drug-likeness (QED) is 0.0578. The summed E-state index contributed by atoms with van der Waals surface area (Å²) in [6, 6.07) is 17.1. The number of hydrogen-bond acceptors (Lipinski definition) is 14. The van der Waals surface area contributed by atoms with Gasteiger partial charge in [0.25, 0.3) is 5.82 Å². The first-order chi connectivity index (χ1) is 70.6. The van der Waals surface area contributed by atoms with Gasteiger partial charge in [-0.2, -0.15) is 0 Å². The summed E-state index contributed by atoms with van der Waals surface area (Å²) in [5.74, 6) is 5.51. The highest BCUT2D eigenvalue weighted by atomic mass is 35.5. The minimum absolute atomic E-state index is 0.0107. The topological polar surface area (TPSA) is 348 Å². The van der Waals surface area contributed by atoms with Gasteiger partial charge in [0, 0.05) is 78.8 Å². The lowest BCUT2D eigenvalue weighted by Gasteiger charge is -2.37. The number of nitrogens with one attached hydrogen (secondary N) is 6. The van der Waals surface area contributed by atoms with Gasteiger partial charge in [0.1, 0.15) is 23.0 Å². The van der Waals surface area contributed by atoms with Gasteiger partial charge in [-0.05, 0) is 340 Å². The number of fused-ring (bicyclic) bond motifs is 7. The smallest absolute Gasteiger partial charge is 0.329 e. The summed E-state index contributed by atoms with van der Waals surface area (Å²) < 4.78 is 28.3. The van der Waals surface area contributed by atoms with Gasteiger partial charge in [0.05, 0.1) is 80.3 Å². The molecule has 29 nitrogen and oxygen atoms in total. The molecule has 7 fully saturated rings. The van der Waals surface area contributed by atoms with Crippen LogP contribution in [0, 0.1) is 107 Å². The average molecular weight is 2080 g/mol. The monoisotopic (exact) mass is 2070 g/mol. The zero-order chi connectivity index (χ0) is 109. The van der Waals surface area contributed by atoms with E-state index in [0.29, 0.717) is 84.9 Å². The third kappa shape index (κ3) is 26.2. The molecule has 0 radical (unpaired) electrons. The minimum atomic E-state index is -1.06. The van der Waals surface area contributed by atoms with E-state index in [1.54, 1.807) is 53.9 Å². The maximum Gasteiger partial charge on any atom is 0.329 e.